The van der Waals surface area contributed by atoms with Crippen LogP contribution in [0.3, 0.4) is 0 Å². The summed E-state index contributed by atoms with van der Waals surface area (Å²) >= 11 is 7.09. The average Bonchev–Trinajstić information content (AvgIpc) is 2.65. The number of hydrogen-bond donors (Lipinski definition) is 0. The maximum Gasteiger partial charge on any atom is 0.252 e. The summed E-state index contributed by atoms with van der Waals surface area (Å²) in [5, 5.41) is 1.65. The summed E-state index contributed by atoms with van der Waals surface area (Å²) in [5.41, 5.74) is 2.87. The fourth-order valence-corrected chi connectivity index (χ4v) is 2.31. The Labute approximate surface area is 97.3 Å². The van der Waals surface area contributed by atoms with Gasteiger partial charge in [0, 0.05) is 10.4 Å². The van der Waals surface area contributed by atoms with E-state index in [1.165, 1.54) is 10.4 Å². The van der Waals surface area contributed by atoms with Crippen LogP contribution in [0.15, 0.2) is 35.7 Å². The third kappa shape index (κ3) is 2.11. The highest BCUT2D eigenvalue weighted by Crippen LogP contribution is 2.27. The molecule has 76 valence electrons. The van der Waals surface area contributed by atoms with Gasteiger partial charge in [0.2, 0.25) is 0 Å². The van der Waals surface area contributed by atoms with Gasteiger partial charge in [-0.2, -0.15) is 0 Å². The van der Waals surface area contributed by atoms with E-state index in [-0.39, 0.29) is 0 Å². The molecule has 1 aromatic heterocycles. The Kier molecular flexibility index (Phi) is 2.89. The first kappa shape index (κ1) is 10.4. The summed E-state index contributed by atoms with van der Waals surface area (Å²) in [5.74, 6) is 0. The van der Waals surface area contributed by atoms with Crippen molar-refractivity contribution in [3.63, 3.8) is 0 Å². The Morgan fingerprint density at radius 3 is 2.33 bits per heavy atom. The lowest BCUT2D eigenvalue weighted by atomic mass is 10.1. The molecule has 2 rings (SSSR count). The minimum absolute atomic E-state index is 0.413. The van der Waals surface area contributed by atoms with E-state index in [0.717, 1.165) is 5.56 Å². The van der Waals surface area contributed by atoms with E-state index in [2.05, 4.69) is 18.4 Å². The fourth-order valence-electron chi connectivity index (χ4n) is 1.47. The predicted octanol–water partition coefficient (Wildman–Crippen LogP) is 4.10. The van der Waals surface area contributed by atoms with E-state index in [1.54, 1.807) is 23.5 Å². The SMILES string of the molecule is Cc1sccc1-c1ccc(C(=O)Cl)cc1. The van der Waals surface area contributed by atoms with Crippen LogP contribution in [0.2, 0.25) is 0 Å². The monoisotopic (exact) mass is 236 g/mol. The third-order valence-electron chi connectivity index (χ3n) is 2.28. The standard InChI is InChI=1S/C12H9ClOS/c1-8-11(6-7-15-8)9-2-4-10(5-3-9)12(13)14/h2-7H,1H3. The molecule has 1 nitrogen and oxygen atoms in total. The second-order valence-corrected chi connectivity index (χ2v) is 4.71. The second-order valence-electron chi connectivity index (χ2n) is 3.24. The zero-order valence-corrected chi connectivity index (χ0v) is 9.73. The minimum atomic E-state index is -0.413. The maximum absolute atomic E-state index is 10.9. The lowest BCUT2D eigenvalue weighted by Gasteiger charge is -2.00. The molecule has 0 aliphatic heterocycles. The van der Waals surface area contributed by atoms with Gasteiger partial charge < -0.3 is 0 Å². The molecule has 15 heavy (non-hydrogen) atoms. The van der Waals surface area contributed by atoms with Gasteiger partial charge in [-0.15, -0.1) is 11.3 Å². The van der Waals surface area contributed by atoms with Gasteiger partial charge in [-0.25, -0.2) is 0 Å². The van der Waals surface area contributed by atoms with Crippen LogP contribution in [0.1, 0.15) is 15.2 Å². The van der Waals surface area contributed by atoms with Gasteiger partial charge in [-0.3, -0.25) is 4.79 Å². The molecule has 1 aromatic carbocycles. The van der Waals surface area contributed by atoms with Crippen molar-refractivity contribution in [2.24, 2.45) is 0 Å². The molecular weight excluding hydrogens is 228 g/mol. The molecular formula is C12H9ClOS. The van der Waals surface area contributed by atoms with Crippen LogP contribution in [0.4, 0.5) is 0 Å². The van der Waals surface area contributed by atoms with E-state index in [1.807, 2.05) is 12.1 Å². The Hall–Kier alpha value is -1.12. The molecule has 0 bridgehead atoms. The number of halogens is 1. The zero-order chi connectivity index (χ0) is 10.8. The third-order valence-corrected chi connectivity index (χ3v) is 3.35. The molecule has 0 fully saturated rings. The Morgan fingerprint density at radius 1 is 1.20 bits per heavy atom. The summed E-state index contributed by atoms with van der Waals surface area (Å²) in [7, 11) is 0. The first-order valence-electron chi connectivity index (χ1n) is 4.53. The quantitative estimate of drug-likeness (QED) is 0.718. The van der Waals surface area contributed by atoms with Gasteiger partial charge in [0.25, 0.3) is 5.24 Å². The Balaban J connectivity index is 2.40. The normalized spacial score (nSPS) is 10.3. The van der Waals surface area contributed by atoms with Gasteiger partial charge in [-0.1, -0.05) is 12.1 Å². The molecule has 0 spiro atoms. The van der Waals surface area contributed by atoms with Crippen LogP contribution >= 0.6 is 22.9 Å². The Morgan fingerprint density at radius 2 is 1.87 bits per heavy atom. The van der Waals surface area contributed by atoms with Crippen molar-refractivity contribution in [2.45, 2.75) is 6.92 Å². The van der Waals surface area contributed by atoms with Gasteiger partial charge in [-0.05, 0) is 53.2 Å². The van der Waals surface area contributed by atoms with Crippen LogP contribution in [-0.2, 0) is 0 Å². The zero-order valence-electron chi connectivity index (χ0n) is 8.16. The van der Waals surface area contributed by atoms with Crippen molar-refractivity contribution in [1.82, 2.24) is 0 Å². The molecule has 0 N–H and O–H groups in total. The largest absolute Gasteiger partial charge is 0.276 e. The number of carbonyl (C=O) groups is 1. The van der Waals surface area contributed by atoms with E-state index < -0.39 is 5.24 Å². The van der Waals surface area contributed by atoms with Crippen molar-refractivity contribution < 1.29 is 4.79 Å². The van der Waals surface area contributed by atoms with Crippen molar-refractivity contribution in [3.05, 3.63) is 46.2 Å². The number of benzene rings is 1. The summed E-state index contributed by atoms with van der Waals surface area (Å²) in [6.45, 7) is 2.08. The summed E-state index contributed by atoms with van der Waals surface area (Å²) in [6.07, 6.45) is 0. The molecule has 0 saturated carbocycles. The van der Waals surface area contributed by atoms with Crippen LogP contribution < -0.4 is 0 Å². The van der Waals surface area contributed by atoms with Gasteiger partial charge in [0.1, 0.15) is 0 Å². The lowest BCUT2D eigenvalue weighted by molar-refractivity contribution is 0.108. The minimum Gasteiger partial charge on any atom is -0.276 e. The summed E-state index contributed by atoms with van der Waals surface area (Å²) in [4.78, 5) is 12.2. The van der Waals surface area contributed by atoms with E-state index >= 15 is 0 Å². The highest BCUT2D eigenvalue weighted by molar-refractivity contribution is 7.10. The molecule has 0 amide bonds. The molecule has 0 radical (unpaired) electrons. The van der Waals surface area contributed by atoms with Crippen LogP contribution in [0, 0.1) is 6.92 Å². The van der Waals surface area contributed by atoms with Gasteiger partial charge in [0.05, 0.1) is 0 Å². The summed E-state index contributed by atoms with van der Waals surface area (Å²) < 4.78 is 0. The molecule has 3 heteroatoms. The molecule has 2 aromatic rings. The number of thiophene rings is 1. The number of rotatable bonds is 2. The topological polar surface area (TPSA) is 17.1 Å². The average molecular weight is 237 g/mol. The maximum atomic E-state index is 10.9. The number of carbonyl (C=O) groups excluding carboxylic acids is 1. The molecule has 1 heterocycles. The molecule has 0 aliphatic carbocycles. The smallest absolute Gasteiger partial charge is 0.252 e. The van der Waals surface area contributed by atoms with Crippen molar-refractivity contribution in [1.29, 1.82) is 0 Å². The number of hydrogen-bond acceptors (Lipinski definition) is 2. The first-order valence-corrected chi connectivity index (χ1v) is 5.78. The van der Waals surface area contributed by atoms with Crippen LogP contribution in [-0.4, -0.2) is 5.24 Å². The molecule has 0 unspecified atom stereocenters. The molecule has 0 atom stereocenters. The van der Waals surface area contributed by atoms with E-state index in [4.69, 9.17) is 11.6 Å². The van der Waals surface area contributed by atoms with Gasteiger partial charge >= 0.3 is 0 Å². The van der Waals surface area contributed by atoms with E-state index in [0.29, 0.717) is 5.56 Å². The van der Waals surface area contributed by atoms with Crippen LogP contribution in [0.5, 0.6) is 0 Å². The van der Waals surface area contributed by atoms with Crippen molar-refractivity contribution in [3.8, 4) is 11.1 Å². The predicted molar refractivity (Wildman–Crippen MR) is 64.7 cm³/mol. The molecule has 0 saturated heterocycles. The number of aryl methyl sites for hydroxylation is 1. The molecule has 0 aliphatic rings. The lowest BCUT2D eigenvalue weighted by Crippen LogP contribution is -1.87. The Bertz CT molecular complexity index is 485. The summed E-state index contributed by atoms with van der Waals surface area (Å²) in [6, 6.07) is 9.43. The van der Waals surface area contributed by atoms with E-state index in [9.17, 15) is 4.79 Å². The fraction of sp³-hybridized carbons (Fsp3) is 0.0833. The van der Waals surface area contributed by atoms with Crippen molar-refractivity contribution >= 4 is 28.2 Å². The first-order chi connectivity index (χ1) is 7.18. The second kappa shape index (κ2) is 4.17. The highest BCUT2D eigenvalue weighted by atomic mass is 35.5. The van der Waals surface area contributed by atoms with Crippen molar-refractivity contribution in [2.75, 3.05) is 0 Å². The highest BCUT2D eigenvalue weighted by Gasteiger charge is 2.04. The van der Waals surface area contributed by atoms with Gasteiger partial charge in [0.15, 0.2) is 0 Å². The van der Waals surface area contributed by atoms with Crippen LogP contribution in [0.25, 0.3) is 11.1 Å².